The van der Waals surface area contributed by atoms with Crippen LogP contribution in [-0.4, -0.2) is 41.5 Å². The van der Waals surface area contributed by atoms with Gasteiger partial charge in [-0.3, -0.25) is 9.59 Å². The van der Waals surface area contributed by atoms with Gasteiger partial charge in [0, 0.05) is 25.6 Å². The average molecular weight is 330 g/mol. The summed E-state index contributed by atoms with van der Waals surface area (Å²) in [5.74, 6) is 0.276. The van der Waals surface area contributed by atoms with Gasteiger partial charge in [-0.15, -0.1) is 0 Å². The van der Waals surface area contributed by atoms with E-state index in [4.69, 9.17) is 0 Å². The number of nitrogens with zero attached hydrogens (tertiary/aromatic N) is 1. The van der Waals surface area contributed by atoms with Crippen molar-refractivity contribution in [3.8, 4) is 0 Å². The van der Waals surface area contributed by atoms with Gasteiger partial charge in [0.25, 0.3) is 0 Å². The summed E-state index contributed by atoms with van der Waals surface area (Å²) in [5.41, 5.74) is 1.00. The fourth-order valence-electron chi connectivity index (χ4n) is 3.41. The number of amides is 2. The molecule has 1 aliphatic heterocycles. The number of aliphatic hydroxyl groups is 1. The summed E-state index contributed by atoms with van der Waals surface area (Å²) in [4.78, 5) is 26.8. The molecule has 0 aromatic heterocycles. The molecular formula is C19H26N2O3. The quantitative estimate of drug-likeness (QED) is 0.837. The Kier molecular flexibility index (Phi) is 5.51. The molecule has 1 aliphatic carbocycles. The molecule has 1 aromatic carbocycles. The summed E-state index contributed by atoms with van der Waals surface area (Å²) in [7, 11) is 0. The van der Waals surface area contributed by atoms with Gasteiger partial charge in [-0.1, -0.05) is 30.3 Å². The lowest BCUT2D eigenvalue weighted by atomic mass is 9.95. The molecule has 3 rings (SSSR count). The second kappa shape index (κ2) is 7.79. The highest BCUT2D eigenvalue weighted by Gasteiger charge is 2.37. The fourth-order valence-corrected chi connectivity index (χ4v) is 3.41. The first kappa shape index (κ1) is 17.0. The highest BCUT2D eigenvalue weighted by molar-refractivity contribution is 5.83. The van der Waals surface area contributed by atoms with E-state index in [1.165, 1.54) is 0 Å². The number of piperidine rings is 1. The van der Waals surface area contributed by atoms with Crippen LogP contribution in [0.5, 0.6) is 0 Å². The maximum atomic E-state index is 12.7. The summed E-state index contributed by atoms with van der Waals surface area (Å²) >= 11 is 0. The molecule has 130 valence electrons. The number of hydrogen-bond acceptors (Lipinski definition) is 3. The normalized spacial score (nSPS) is 22.0. The predicted molar refractivity (Wildman–Crippen MR) is 91.1 cm³/mol. The van der Waals surface area contributed by atoms with Gasteiger partial charge in [0.05, 0.1) is 12.0 Å². The Hall–Kier alpha value is -1.88. The van der Waals surface area contributed by atoms with Crippen LogP contribution in [0, 0.1) is 11.8 Å². The third-order valence-electron chi connectivity index (χ3n) is 4.97. The van der Waals surface area contributed by atoms with Crippen LogP contribution < -0.4 is 5.32 Å². The molecule has 2 fully saturated rings. The number of aliphatic hydroxyl groups excluding tert-OH is 1. The molecule has 1 aromatic rings. The summed E-state index contributed by atoms with van der Waals surface area (Å²) in [5, 5.41) is 12.4. The Morgan fingerprint density at radius 1 is 1.17 bits per heavy atom. The molecule has 2 N–H and O–H groups in total. The maximum absolute atomic E-state index is 12.7. The molecule has 2 atom stereocenters. The Morgan fingerprint density at radius 2 is 1.92 bits per heavy atom. The lowest BCUT2D eigenvalue weighted by Crippen LogP contribution is -2.46. The van der Waals surface area contributed by atoms with Crippen LogP contribution in [0.4, 0.5) is 0 Å². The van der Waals surface area contributed by atoms with Gasteiger partial charge in [-0.25, -0.2) is 0 Å². The van der Waals surface area contributed by atoms with Crippen LogP contribution in [0.2, 0.25) is 0 Å². The van der Waals surface area contributed by atoms with Crippen molar-refractivity contribution in [3.63, 3.8) is 0 Å². The van der Waals surface area contributed by atoms with Crippen molar-refractivity contribution >= 4 is 11.8 Å². The lowest BCUT2D eigenvalue weighted by Gasteiger charge is -2.33. The van der Waals surface area contributed by atoms with Crippen molar-refractivity contribution in [2.45, 2.75) is 38.1 Å². The SMILES string of the molecule is O=C(NC(CCO)c1ccccc1)C1CCCN(C(=O)C2CC2)C1. The highest BCUT2D eigenvalue weighted by Crippen LogP contribution is 2.32. The van der Waals surface area contributed by atoms with Crippen molar-refractivity contribution in [2.24, 2.45) is 11.8 Å². The number of likely N-dealkylation sites (tertiary alicyclic amines) is 1. The lowest BCUT2D eigenvalue weighted by molar-refractivity contribution is -0.137. The van der Waals surface area contributed by atoms with Crippen LogP contribution in [0.1, 0.15) is 43.7 Å². The van der Waals surface area contributed by atoms with Gasteiger partial charge in [0.2, 0.25) is 11.8 Å². The Balaban J connectivity index is 1.60. The second-order valence-electron chi connectivity index (χ2n) is 6.88. The topological polar surface area (TPSA) is 69.6 Å². The van der Waals surface area contributed by atoms with E-state index in [1.807, 2.05) is 35.2 Å². The van der Waals surface area contributed by atoms with Crippen LogP contribution in [0.3, 0.4) is 0 Å². The number of hydrogen-bond donors (Lipinski definition) is 2. The number of nitrogens with one attached hydrogen (secondary N) is 1. The van der Waals surface area contributed by atoms with Gasteiger partial charge < -0.3 is 15.3 Å². The summed E-state index contributed by atoms with van der Waals surface area (Å²) < 4.78 is 0. The second-order valence-corrected chi connectivity index (χ2v) is 6.88. The van der Waals surface area contributed by atoms with Gasteiger partial charge in [-0.2, -0.15) is 0 Å². The minimum absolute atomic E-state index is 0.00870. The predicted octanol–water partition coefficient (Wildman–Crippen LogP) is 1.87. The molecule has 1 heterocycles. The number of carbonyl (C=O) groups is 2. The largest absolute Gasteiger partial charge is 0.396 e. The molecule has 2 unspecified atom stereocenters. The Morgan fingerprint density at radius 3 is 2.58 bits per heavy atom. The third-order valence-corrected chi connectivity index (χ3v) is 4.97. The van der Waals surface area contributed by atoms with E-state index in [0.29, 0.717) is 13.0 Å². The van der Waals surface area contributed by atoms with Crippen molar-refractivity contribution in [1.82, 2.24) is 10.2 Å². The molecule has 0 bridgehead atoms. The van der Waals surface area contributed by atoms with E-state index in [2.05, 4.69) is 5.32 Å². The number of benzene rings is 1. The average Bonchev–Trinajstić information content (AvgIpc) is 3.46. The molecule has 2 aliphatic rings. The maximum Gasteiger partial charge on any atom is 0.225 e. The third kappa shape index (κ3) is 4.15. The molecule has 5 heteroatoms. The summed E-state index contributed by atoms with van der Waals surface area (Å²) in [6.45, 7) is 1.33. The van der Waals surface area contributed by atoms with Gasteiger partial charge in [0.15, 0.2) is 0 Å². The van der Waals surface area contributed by atoms with Gasteiger partial charge >= 0.3 is 0 Å². The van der Waals surface area contributed by atoms with Crippen LogP contribution in [0.15, 0.2) is 30.3 Å². The van der Waals surface area contributed by atoms with E-state index in [9.17, 15) is 14.7 Å². The van der Waals surface area contributed by atoms with E-state index in [0.717, 1.165) is 37.8 Å². The fraction of sp³-hybridized carbons (Fsp3) is 0.579. The van der Waals surface area contributed by atoms with Crippen LogP contribution >= 0.6 is 0 Å². The Labute approximate surface area is 143 Å². The molecule has 0 spiro atoms. The van der Waals surface area contributed by atoms with Crippen molar-refractivity contribution in [3.05, 3.63) is 35.9 Å². The van der Waals surface area contributed by atoms with E-state index < -0.39 is 0 Å². The molecule has 0 radical (unpaired) electrons. The standard InChI is InChI=1S/C19H26N2O3/c22-12-10-17(14-5-2-1-3-6-14)20-18(23)16-7-4-11-21(13-16)19(24)15-8-9-15/h1-3,5-6,15-17,22H,4,7-13H2,(H,20,23). The molecular weight excluding hydrogens is 304 g/mol. The van der Waals surface area contributed by atoms with E-state index in [-0.39, 0.29) is 36.3 Å². The van der Waals surface area contributed by atoms with Gasteiger partial charge in [0.1, 0.15) is 0 Å². The first-order chi connectivity index (χ1) is 11.7. The van der Waals surface area contributed by atoms with Crippen LogP contribution in [-0.2, 0) is 9.59 Å². The first-order valence-corrected chi connectivity index (χ1v) is 8.94. The molecule has 1 saturated heterocycles. The summed E-state index contributed by atoms with van der Waals surface area (Å²) in [6, 6.07) is 9.54. The molecule has 5 nitrogen and oxygen atoms in total. The molecule has 24 heavy (non-hydrogen) atoms. The zero-order valence-electron chi connectivity index (χ0n) is 14.0. The smallest absolute Gasteiger partial charge is 0.225 e. The van der Waals surface area contributed by atoms with Crippen LogP contribution in [0.25, 0.3) is 0 Å². The monoisotopic (exact) mass is 330 g/mol. The van der Waals surface area contributed by atoms with Crippen molar-refractivity contribution in [1.29, 1.82) is 0 Å². The minimum Gasteiger partial charge on any atom is -0.396 e. The zero-order chi connectivity index (χ0) is 16.9. The highest BCUT2D eigenvalue weighted by atomic mass is 16.3. The summed E-state index contributed by atoms with van der Waals surface area (Å²) in [6.07, 6.45) is 4.19. The minimum atomic E-state index is -0.182. The molecule has 2 amide bonds. The zero-order valence-corrected chi connectivity index (χ0v) is 14.0. The van der Waals surface area contributed by atoms with Gasteiger partial charge in [-0.05, 0) is 37.7 Å². The number of carbonyl (C=O) groups excluding carboxylic acids is 2. The van der Waals surface area contributed by atoms with Crippen molar-refractivity contribution < 1.29 is 14.7 Å². The van der Waals surface area contributed by atoms with E-state index >= 15 is 0 Å². The van der Waals surface area contributed by atoms with E-state index in [1.54, 1.807) is 0 Å². The Bertz CT molecular complexity index is 571. The number of rotatable bonds is 6. The first-order valence-electron chi connectivity index (χ1n) is 8.94. The van der Waals surface area contributed by atoms with Crippen molar-refractivity contribution in [2.75, 3.05) is 19.7 Å². The molecule has 1 saturated carbocycles.